The first kappa shape index (κ1) is 20.7. The molecule has 0 spiro atoms. The number of nitrogens with one attached hydrogen (secondary N) is 1. The molecule has 1 unspecified atom stereocenters. The molecular formula is C22H27N3O4. The Morgan fingerprint density at radius 2 is 2.00 bits per heavy atom. The van der Waals surface area contributed by atoms with Gasteiger partial charge in [-0.2, -0.15) is 0 Å². The number of para-hydroxylation sites is 1. The zero-order chi connectivity index (χ0) is 21.1. The number of aryl methyl sites for hydroxylation is 1. The summed E-state index contributed by atoms with van der Waals surface area (Å²) in [6.45, 7) is 3.14. The van der Waals surface area contributed by atoms with E-state index in [1.807, 2.05) is 38.4 Å². The summed E-state index contributed by atoms with van der Waals surface area (Å²) >= 11 is 0. The molecule has 1 aromatic heterocycles. The first-order valence-corrected chi connectivity index (χ1v) is 9.57. The van der Waals surface area contributed by atoms with E-state index in [0.717, 1.165) is 13.0 Å². The number of hydrogen-bond donors (Lipinski definition) is 2. The van der Waals surface area contributed by atoms with E-state index in [0.29, 0.717) is 34.8 Å². The maximum Gasteiger partial charge on any atom is 0.334 e. The number of carboxylic acid groups (broad SMARTS) is 1. The third-order valence-electron chi connectivity index (χ3n) is 5.19. The molecule has 1 aromatic carbocycles. The molecule has 0 saturated heterocycles. The number of nitrogens with zero attached hydrogens (tertiary/aromatic N) is 2. The summed E-state index contributed by atoms with van der Waals surface area (Å²) in [5.41, 5.74) is 2.23. The van der Waals surface area contributed by atoms with Crippen LogP contribution >= 0.6 is 0 Å². The summed E-state index contributed by atoms with van der Waals surface area (Å²) in [6.07, 6.45) is 2.58. The summed E-state index contributed by atoms with van der Waals surface area (Å²) < 4.78 is 7.15. The highest BCUT2D eigenvalue weighted by molar-refractivity contribution is 5.93. The molecule has 0 amide bonds. The number of benzene rings is 1. The summed E-state index contributed by atoms with van der Waals surface area (Å²) in [4.78, 5) is 27.6. The Hall–Kier alpha value is -3.06. The number of ether oxygens (including phenoxy) is 1. The van der Waals surface area contributed by atoms with E-state index < -0.39 is 11.9 Å². The number of aromatic nitrogens is 1. The van der Waals surface area contributed by atoms with Crippen LogP contribution in [0.1, 0.15) is 30.4 Å². The minimum absolute atomic E-state index is 0.158. The van der Waals surface area contributed by atoms with Gasteiger partial charge in [-0.25, -0.2) is 4.79 Å². The van der Waals surface area contributed by atoms with Gasteiger partial charge in [0.25, 0.3) is 5.56 Å². The molecule has 2 N–H and O–H groups in total. The van der Waals surface area contributed by atoms with Crippen LogP contribution in [0.4, 0.5) is 5.69 Å². The first-order chi connectivity index (χ1) is 13.8. The SMILES string of the molecule is COc1ccccc1C1C(C(=O)O)=C(C)Nc2ccn(CCCN(C)C)c(=O)c21. The van der Waals surface area contributed by atoms with E-state index in [-0.39, 0.29) is 11.1 Å². The largest absolute Gasteiger partial charge is 0.496 e. The molecular weight excluding hydrogens is 370 g/mol. The van der Waals surface area contributed by atoms with Crippen LogP contribution in [0.2, 0.25) is 0 Å². The molecule has 1 aliphatic heterocycles. The number of carbonyl (C=O) groups is 1. The Balaban J connectivity index is 2.18. The average Bonchev–Trinajstić information content (AvgIpc) is 2.68. The fourth-order valence-electron chi connectivity index (χ4n) is 3.84. The van der Waals surface area contributed by atoms with Gasteiger partial charge in [0.15, 0.2) is 0 Å². The van der Waals surface area contributed by atoms with Gasteiger partial charge in [0.2, 0.25) is 0 Å². The number of methoxy groups -OCH3 is 1. The second-order valence-corrected chi connectivity index (χ2v) is 7.44. The van der Waals surface area contributed by atoms with Crippen molar-refractivity contribution < 1.29 is 14.6 Å². The number of hydrogen-bond acceptors (Lipinski definition) is 5. The number of allylic oxidation sites excluding steroid dienone is 1. The van der Waals surface area contributed by atoms with Crippen LogP contribution in [-0.2, 0) is 11.3 Å². The zero-order valence-electron chi connectivity index (χ0n) is 17.2. The fourth-order valence-corrected chi connectivity index (χ4v) is 3.84. The van der Waals surface area contributed by atoms with Gasteiger partial charge in [0, 0.05) is 29.7 Å². The van der Waals surface area contributed by atoms with Crippen molar-refractivity contribution in [1.82, 2.24) is 9.47 Å². The van der Waals surface area contributed by atoms with Crippen molar-refractivity contribution in [1.29, 1.82) is 0 Å². The first-order valence-electron chi connectivity index (χ1n) is 9.57. The molecule has 0 fully saturated rings. The highest BCUT2D eigenvalue weighted by Gasteiger charge is 2.36. The number of carboxylic acids is 1. The van der Waals surface area contributed by atoms with Crippen LogP contribution in [0.25, 0.3) is 0 Å². The van der Waals surface area contributed by atoms with Gasteiger partial charge in [0.1, 0.15) is 5.75 Å². The number of anilines is 1. The van der Waals surface area contributed by atoms with E-state index >= 15 is 0 Å². The number of fused-ring (bicyclic) bond motifs is 1. The topological polar surface area (TPSA) is 83.8 Å². The van der Waals surface area contributed by atoms with Crippen LogP contribution in [-0.4, -0.2) is 48.3 Å². The lowest BCUT2D eigenvalue weighted by Gasteiger charge is -2.30. The van der Waals surface area contributed by atoms with Crippen molar-refractivity contribution in [2.45, 2.75) is 25.8 Å². The number of pyridine rings is 1. The van der Waals surface area contributed by atoms with Crippen molar-refractivity contribution in [3.8, 4) is 5.75 Å². The van der Waals surface area contributed by atoms with E-state index in [2.05, 4.69) is 10.2 Å². The van der Waals surface area contributed by atoms with Crippen LogP contribution in [0, 0.1) is 0 Å². The highest BCUT2D eigenvalue weighted by atomic mass is 16.5. The summed E-state index contributed by atoms with van der Waals surface area (Å²) in [5, 5.41) is 13.0. The molecule has 29 heavy (non-hydrogen) atoms. The highest BCUT2D eigenvalue weighted by Crippen LogP contribution is 2.43. The summed E-state index contributed by atoms with van der Waals surface area (Å²) in [5.74, 6) is -1.22. The molecule has 0 radical (unpaired) electrons. The molecule has 0 aliphatic carbocycles. The third-order valence-corrected chi connectivity index (χ3v) is 5.19. The predicted molar refractivity (Wildman–Crippen MR) is 113 cm³/mol. The molecule has 7 nitrogen and oxygen atoms in total. The van der Waals surface area contributed by atoms with Crippen LogP contribution in [0.15, 0.2) is 52.6 Å². The predicted octanol–water partition coefficient (Wildman–Crippen LogP) is 2.72. The normalized spacial score (nSPS) is 15.8. The maximum atomic E-state index is 13.4. The van der Waals surface area contributed by atoms with E-state index in [9.17, 15) is 14.7 Å². The van der Waals surface area contributed by atoms with Gasteiger partial charge in [0.05, 0.1) is 24.2 Å². The Morgan fingerprint density at radius 3 is 2.66 bits per heavy atom. The summed E-state index contributed by atoms with van der Waals surface area (Å²) in [6, 6.07) is 9.10. The molecule has 3 rings (SSSR count). The molecule has 2 aromatic rings. The minimum atomic E-state index is -1.06. The molecule has 2 heterocycles. The fraction of sp³-hybridized carbons (Fsp3) is 0.364. The smallest absolute Gasteiger partial charge is 0.334 e. The Labute approximate surface area is 170 Å². The van der Waals surface area contributed by atoms with Crippen LogP contribution in [0.5, 0.6) is 5.75 Å². The van der Waals surface area contributed by atoms with Crippen LogP contribution in [0.3, 0.4) is 0 Å². The number of aliphatic carboxylic acids is 1. The van der Waals surface area contributed by atoms with Crippen molar-refractivity contribution in [2.75, 3.05) is 33.1 Å². The van der Waals surface area contributed by atoms with Crippen LogP contribution < -0.4 is 15.6 Å². The van der Waals surface area contributed by atoms with Gasteiger partial charge >= 0.3 is 5.97 Å². The van der Waals surface area contributed by atoms with Crippen molar-refractivity contribution in [3.63, 3.8) is 0 Å². The van der Waals surface area contributed by atoms with E-state index in [1.165, 1.54) is 0 Å². The molecule has 1 atom stereocenters. The summed E-state index contributed by atoms with van der Waals surface area (Å²) in [7, 11) is 5.52. The van der Waals surface area contributed by atoms with Gasteiger partial charge in [-0.3, -0.25) is 4.79 Å². The maximum absolute atomic E-state index is 13.4. The van der Waals surface area contributed by atoms with Gasteiger partial charge in [-0.1, -0.05) is 18.2 Å². The third kappa shape index (κ3) is 4.05. The van der Waals surface area contributed by atoms with Gasteiger partial charge in [-0.15, -0.1) is 0 Å². The van der Waals surface area contributed by atoms with E-state index in [4.69, 9.17) is 4.74 Å². The number of rotatable bonds is 7. The quantitative estimate of drug-likeness (QED) is 0.747. The zero-order valence-corrected chi connectivity index (χ0v) is 17.2. The monoisotopic (exact) mass is 397 g/mol. The lowest BCUT2D eigenvalue weighted by molar-refractivity contribution is -0.133. The molecule has 0 saturated carbocycles. The Kier molecular flexibility index (Phi) is 6.08. The molecule has 7 heteroatoms. The minimum Gasteiger partial charge on any atom is -0.496 e. The lowest BCUT2D eigenvalue weighted by atomic mass is 9.81. The molecule has 0 bridgehead atoms. The average molecular weight is 397 g/mol. The van der Waals surface area contributed by atoms with Gasteiger partial charge < -0.3 is 24.6 Å². The lowest BCUT2D eigenvalue weighted by Crippen LogP contribution is -2.33. The van der Waals surface area contributed by atoms with E-state index in [1.54, 1.807) is 30.9 Å². The second kappa shape index (κ2) is 8.53. The second-order valence-electron chi connectivity index (χ2n) is 7.44. The van der Waals surface area contributed by atoms with Crippen molar-refractivity contribution in [2.24, 2.45) is 0 Å². The Morgan fingerprint density at radius 1 is 1.28 bits per heavy atom. The molecule has 154 valence electrons. The van der Waals surface area contributed by atoms with Crippen molar-refractivity contribution >= 4 is 11.7 Å². The standard InChI is InChI=1S/C22H27N3O4/c1-14-18(22(27)28)19(15-8-5-6-9-17(15)29-4)20-16(23-14)10-13-25(21(20)26)12-7-11-24(2)3/h5-6,8-10,13,19,23H,7,11-12H2,1-4H3,(H,27,28). The van der Waals surface area contributed by atoms with Gasteiger partial charge in [-0.05, 0) is 46.1 Å². The Bertz CT molecular complexity index is 1010. The van der Waals surface area contributed by atoms with Crippen molar-refractivity contribution in [3.05, 3.63) is 69.3 Å². The molecule has 1 aliphatic rings.